The van der Waals surface area contributed by atoms with Gasteiger partial charge in [0.25, 0.3) is 0 Å². The molecule has 2 rings (SSSR count). The Morgan fingerprint density at radius 2 is 2.13 bits per heavy atom. The minimum Gasteiger partial charge on any atom is -0.340 e. The average Bonchev–Trinajstić information content (AvgIpc) is 2.80. The lowest BCUT2D eigenvalue weighted by molar-refractivity contribution is 0.741. The van der Waals surface area contributed by atoms with Gasteiger partial charge in [-0.3, -0.25) is 0 Å². The van der Waals surface area contributed by atoms with Crippen LogP contribution in [-0.4, -0.2) is 4.57 Å². The molecule has 118 valence electrons. The number of nitriles is 1. The van der Waals surface area contributed by atoms with Gasteiger partial charge < -0.3 is 4.57 Å². The molecule has 1 heterocycles. The second-order valence-electron chi connectivity index (χ2n) is 5.79. The third kappa shape index (κ3) is 3.63. The summed E-state index contributed by atoms with van der Waals surface area (Å²) in [6.07, 6.45) is 10.2. The predicted molar refractivity (Wildman–Crippen MR) is 98.5 cm³/mol. The zero-order valence-electron chi connectivity index (χ0n) is 14.3. The lowest BCUT2D eigenvalue weighted by atomic mass is 10.1. The number of benzene rings is 1. The molecule has 2 nitrogen and oxygen atoms in total. The summed E-state index contributed by atoms with van der Waals surface area (Å²) in [7, 11) is 0. The van der Waals surface area contributed by atoms with E-state index < -0.39 is 0 Å². The Balaban J connectivity index is 2.50. The van der Waals surface area contributed by atoms with Crippen molar-refractivity contribution in [1.29, 1.82) is 5.26 Å². The molecule has 0 bridgehead atoms. The van der Waals surface area contributed by atoms with E-state index in [1.165, 1.54) is 22.2 Å². The Kier molecular flexibility index (Phi) is 5.60. The lowest BCUT2D eigenvalue weighted by Crippen LogP contribution is -2.04. The first kappa shape index (κ1) is 16.8. The maximum atomic E-state index is 9.15. The van der Waals surface area contributed by atoms with E-state index in [4.69, 9.17) is 5.26 Å². The summed E-state index contributed by atoms with van der Waals surface area (Å²) in [6.45, 7) is 11.3. The summed E-state index contributed by atoms with van der Waals surface area (Å²) in [6, 6.07) is 8.19. The summed E-state index contributed by atoms with van der Waals surface area (Å²) in [5.41, 5.74) is 5.60. The van der Waals surface area contributed by atoms with Crippen LogP contribution in [0.2, 0.25) is 0 Å². The molecule has 0 spiro atoms. The van der Waals surface area contributed by atoms with Crippen LogP contribution in [0.25, 0.3) is 10.9 Å². The van der Waals surface area contributed by atoms with Crippen LogP contribution in [-0.2, 0) is 13.0 Å². The number of hydrogen-bond donors (Lipinski definition) is 0. The molecule has 2 aromatic rings. The van der Waals surface area contributed by atoms with E-state index in [0.29, 0.717) is 5.56 Å². The van der Waals surface area contributed by atoms with Gasteiger partial charge in [0.05, 0.1) is 11.6 Å². The predicted octanol–water partition coefficient (Wildman–Crippen LogP) is 5.46. The second kappa shape index (κ2) is 7.65. The van der Waals surface area contributed by atoms with Crippen LogP contribution in [0.1, 0.15) is 37.1 Å². The molecular weight excluding hydrogens is 280 g/mol. The molecule has 23 heavy (non-hydrogen) atoms. The molecular formula is C21H24N2. The van der Waals surface area contributed by atoms with E-state index in [9.17, 15) is 0 Å². The molecule has 0 N–H and O–H groups in total. The molecule has 0 aliphatic heterocycles. The van der Waals surface area contributed by atoms with Gasteiger partial charge in [-0.15, -0.1) is 0 Å². The van der Waals surface area contributed by atoms with Crippen LogP contribution < -0.4 is 0 Å². The Bertz CT molecular complexity index is 810. The highest BCUT2D eigenvalue weighted by Gasteiger charge is 2.14. The zero-order valence-corrected chi connectivity index (χ0v) is 14.3. The van der Waals surface area contributed by atoms with Crippen LogP contribution >= 0.6 is 0 Å². The van der Waals surface area contributed by atoms with Crippen LogP contribution in [0, 0.1) is 18.3 Å². The first-order valence-electron chi connectivity index (χ1n) is 8.11. The van der Waals surface area contributed by atoms with Gasteiger partial charge in [-0.2, -0.15) is 5.26 Å². The molecule has 0 amide bonds. The van der Waals surface area contributed by atoms with E-state index in [0.717, 1.165) is 25.0 Å². The number of rotatable bonds is 6. The maximum Gasteiger partial charge on any atom is 0.0991 e. The highest BCUT2D eigenvalue weighted by atomic mass is 15.0. The van der Waals surface area contributed by atoms with Crippen molar-refractivity contribution in [3.8, 4) is 6.07 Å². The van der Waals surface area contributed by atoms with E-state index in [2.05, 4.69) is 43.2 Å². The van der Waals surface area contributed by atoms with Gasteiger partial charge in [0.15, 0.2) is 0 Å². The van der Waals surface area contributed by atoms with Crippen LogP contribution in [0.4, 0.5) is 0 Å². The van der Waals surface area contributed by atoms with Crippen molar-refractivity contribution < 1.29 is 0 Å². The molecule has 0 fully saturated rings. The van der Waals surface area contributed by atoms with E-state index in [-0.39, 0.29) is 0 Å². The molecule has 0 aliphatic rings. The van der Waals surface area contributed by atoms with Crippen molar-refractivity contribution in [3.05, 3.63) is 71.5 Å². The number of nitrogens with zero attached hydrogens (tertiary/aromatic N) is 2. The standard InChI is InChI=1S/C21H24N2/c1-5-7-8-10-16(3)15-23-20(9-6-2)17(4)19-13-18(14-22)11-12-21(19)23/h5,7-8,10-13H,3,6,9,15H2,1-2,4H3/b7-5-,10-8-. The average molecular weight is 304 g/mol. The van der Waals surface area contributed by atoms with Crippen molar-refractivity contribution in [3.63, 3.8) is 0 Å². The normalized spacial score (nSPS) is 11.6. The monoisotopic (exact) mass is 304 g/mol. The number of hydrogen-bond acceptors (Lipinski definition) is 1. The summed E-state index contributed by atoms with van der Waals surface area (Å²) >= 11 is 0. The van der Waals surface area contributed by atoms with Crippen LogP contribution in [0.5, 0.6) is 0 Å². The Morgan fingerprint density at radius 3 is 2.78 bits per heavy atom. The fourth-order valence-electron chi connectivity index (χ4n) is 2.94. The molecule has 2 heteroatoms. The molecule has 1 aromatic carbocycles. The number of aromatic nitrogens is 1. The third-order valence-corrected chi connectivity index (χ3v) is 4.06. The van der Waals surface area contributed by atoms with Crippen molar-refractivity contribution in [2.45, 2.75) is 40.2 Å². The van der Waals surface area contributed by atoms with Crippen molar-refractivity contribution >= 4 is 10.9 Å². The van der Waals surface area contributed by atoms with Crippen molar-refractivity contribution in [1.82, 2.24) is 4.57 Å². The van der Waals surface area contributed by atoms with Crippen molar-refractivity contribution in [2.75, 3.05) is 0 Å². The largest absolute Gasteiger partial charge is 0.340 e. The SMILES string of the molecule is C=C(/C=C\C=C/C)Cn1c(CCC)c(C)c2cc(C#N)ccc21. The van der Waals surface area contributed by atoms with Gasteiger partial charge in [0.1, 0.15) is 0 Å². The highest BCUT2D eigenvalue weighted by molar-refractivity contribution is 5.86. The molecule has 0 saturated carbocycles. The van der Waals surface area contributed by atoms with Gasteiger partial charge in [-0.25, -0.2) is 0 Å². The minimum atomic E-state index is 0.715. The van der Waals surface area contributed by atoms with Gasteiger partial charge in [0.2, 0.25) is 0 Å². The summed E-state index contributed by atoms with van der Waals surface area (Å²) in [5.74, 6) is 0. The quantitative estimate of drug-likeness (QED) is 0.651. The topological polar surface area (TPSA) is 28.7 Å². The molecule has 0 radical (unpaired) electrons. The molecule has 0 unspecified atom stereocenters. The number of aryl methyl sites for hydroxylation is 1. The second-order valence-corrected chi connectivity index (χ2v) is 5.79. The van der Waals surface area contributed by atoms with E-state index in [1.807, 2.05) is 37.3 Å². The Labute approximate surface area is 139 Å². The number of allylic oxidation sites excluding steroid dienone is 5. The zero-order chi connectivity index (χ0) is 16.8. The van der Waals surface area contributed by atoms with Gasteiger partial charge in [-0.05, 0) is 49.6 Å². The molecule has 1 aromatic heterocycles. The van der Waals surface area contributed by atoms with E-state index in [1.54, 1.807) is 0 Å². The first-order chi connectivity index (χ1) is 11.1. The maximum absolute atomic E-state index is 9.15. The fraction of sp³-hybridized carbons (Fsp3) is 0.286. The summed E-state index contributed by atoms with van der Waals surface area (Å²) in [4.78, 5) is 0. The summed E-state index contributed by atoms with van der Waals surface area (Å²) in [5, 5.41) is 10.3. The smallest absolute Gasteiger partial charge is 0.0991 e. The molecule has 0 atom stereocenters. The van der Waals surface area contributed by atoms with Crippen LogP contribution in [0.15, 0.2) is 54.7 Å². The Morgan fingerprint density at radius 1 is 1.35 bits per heavy atom. The van der Waals surface area contributed by atoms with E-state index >= 15 is 0 Å². The minimum absolute atomic E-state index is 0.715. The van der Waals surface area contributed by atoms with Gasteiger partial charge in [0, 0.05) is 23.1 Å². The fourth-order valence-corrected chi connectivity index (χ4v) is 2.94. The number of fused-ring (bicyclic) bond motifs is 1. The van der Waals surface area contributed by atoms with Crippen molar-refractivity contribution in [2.24, 2.45) is 0 Å². The van der Waals surface area contributed by atoms with Crippen LogP contribution in [0.3, 0.4) is 0 Å². The molecule has 0 saturated heterocycles. The van der Waals surface area contributed by atoms with Gasteiger partial charge >= 0.3 is 0 Å². The summed E-state index contributed by atoms with van der Waals surface area (Å²) < 4.78 is 2.34. The lowest BCUT2D eigenvalue weighted by Gasteiger charge is -2.11. The molecule has 0 aliphatic carbocycles. The third-order valence-electron chi connectivity index (χ3n) is 4.06. The Hall–Kier alpha value is -2.53. The first-order valence-corrected chi connectivity index (χ1v) is 8.11. The highest BCUT2D eigenvalue weighted by Crippen LogP contribution is 2.28. The van der Waals surface area contributed by atoms with Gasteiger partial charge in [-0.1, -0.05) is 44.2 Å².